The van der Waals surface area contributed by atoms with Gasteiger partial charge in [0.2, 0.25) is 0 Å². The number of furan rings is 1. The number of alkyl halides is 3. The van der Waals surface area contributed by atoms with Crippen molar-refractivity contribution in [3.63, 3.8) is 0 Å². The van der Waals surface area contributed by atoms with Gasteiger partial charge in [-0.1, -0.05) is 42.0 Å². The van der Waals surface area contributed by atoms with E-state index in [2.05, 4.69) is 5.32 Å². The molecular weight excluding hydrogens is 355 g/mol. The van der Waals surface area contributed by atoms with Gasteiger partial charge >= 0.3 is 6.18 Å². The van der Waals surface area contributed by atoms with Gasteiger partial charge in [0.1, 0.15) is 5.76 Å². The van der Waals surface area contributed by atoms with E-state index >= 15 is 0 Å². The van der Waals surface area contributed by atoms with Gasteiger partial charge < -0.3 is 9.73 Å². The summed E-state index contributed by atoms with van der Waals surface area (Å²) >= 11 is 0. The third-order valence-electron chi connectivity index (χ3n) is 4.23. The Morgan fingerprint density at radius 2 is 1.74 bits per heavy atom. The minimum absolute atomic E-state index is 0.0429. The molecule has 1 atom stereocenters. The second-order valence-corrected chi connectivity index (χ2v) is 6.35. The summed E-state index contributed by atoms with van der Waals surface area (Å²) in [4.78, 5) is 12.4. The molecule has 0 saturated heterocycles. The van der Waals surface area contributed by atoms with E-state index in [1.807, 2.05) is 38.1 Å². The molecule has 0 saturated carbocycles. The molecule has 0 radical (unpaired) electrons. The molecule has 6 heteroatoms. The SMILES string of the molecule is Cc1ccc(C(C)NC(=O)c2ccc(-c3cccc(C(F)(F)F)c3)o2)cc1. The van der Waals surface area contributed by atoms with E-state index in [-0.39, 0.29) is 23.1 Å². The highest BCUT2D eigenvalue weighted by atomic mass is 19.4. The zero-order chi connectivity index (χ0) is 19.6. The molecule has 0 spiro atoms. The smallest absolute Gasteiger partial charge is 0.416 e. The number of halogens is 3. The summed E-state index contributed by atoms with van der Waals surface area (Å²) in [6.07, 6.45) is -4.44. The van der Waals surface area contributed by atoms with Gasteiger partial charge in [0, 0.05) is 5.56 Å². The monoisotopic (exact) mass is 373 g/mol. The molecule has 0 aliphatic carbocycles. The second kappa shape index (κ2) is 7.31. The van der Waals surface area contributed by atoms with Crippen molar-refractivity contribution in [2.45, 2.75) is 26.1 Å². The quantitative estimate of drug-likeness (QED) is 0.631. The molecule has 1 unspecified atom stereocenters. The fourth-order valence-corrected chi connectivity index (χ4v) is 2.67. The van der Waals surface area contributed by atoms with Crippen LogP contribution in [0.2, 0.25) is 0 Å². The lowest BCUT2D eigenvalue weighted by Crippen LogP contribution is -2.26. The summed E-state index contributed by atoms with van der Waals surface area (Å²) in [5.41, 5.74) is 1.55. The highest BCUT2D eigenvalue weighted by molar-refractivity contribution is 5.92. The zero-order valence-electron chi connectivity index (χ0n) is 14.8. The van der Waals surface area contributed by atoms with Gasteiger partial charge in [0.25, 0.3) is 5.91 Å². The molecule has 0 bridgehead atoms. The average Bonchev–Trinajstić information content (AvgIpc) is 3.12. The first kappa shape index (κ1) is 18.8. The average molecular weight is 373 g/mol. The van der Waals surface area contributed by atoms with Gasteiger partial charge in [0.05, 0.1) is 11.6 Å². The van der Waals surface area contributed by atoms with Gasteiger partial charge in [-0.2, -0.15) is 13.2 Å². The molecule has 140 valence electrons. The maximum Gasteiger partial charge on any atom is 0.416 e. The van der Waals surface area contributed by atoms with Crippen LogP contribution in [0.4, 0.5) is 13.2 Å². The van der Waals surface area contributed by atoms with Crippen molar-refractivity contribution >= 4 is 5.91 Å². The fraction of sp³-hybridized carbons (Fsp3) is 0.190. The molecule has 27 heavy (non-hydrogen) atoms. The molecule has 0 fully saturated rings. The van der Waals surface area contributed by atoms with Crippen molar-refractivity contribution in [3.05, 3.63) is 83.1 Å². The third-order valence-corrected chi connectivity index (χ3v) is 4.23. The summed E-state index contributed by atoms with van der Waals surface area (Å²) in [6, 6.07) is 15.3. The Labute approximate surface area is 154 Å². The van der Waals surface area contributed by atoms with Crippen LogP contribution in [0.5, 0.6) is 0 Å². The Bertz CT molecular complexity index is 943. The molecule has 0 aliphatic heterocycles. The van der Waals surface area contributed by atoms with E-state index in [0.717, 1.165) is 23.3 Å². The van der Waals surface area contributed by atoms with Gasteiger partial charge in [-0.15, -0.1) is 0 Å². The number of carbonyl (C=O) groups is 1. The highest BCUT2D eigenvalue weighted by Gasteiger charge is 2.30. The van der Waals surface area contributed by atoms with E-state index in [9.17, 15) is 18.0 Å². The number of hydrogen-bond donors (Lipinski definition) is 1. The van der Waals surface area contributed by atoms with Crippen molar-refractivity contribution in [1.29, 1.82) is 0 Å². The summed E-state index contributed by atoms with van der Waals surface area (Å²) in [5, 5.41) is 2.82. The Morgan fingerprint density at radius 3 is 2.41 bits per heavy atom. The summed E-state index contributed by atoms with van der Waals surface area (Å²) in [5.74, 6) is -0.183. The van der Waals surface area contributed by atoms with Crippen LogP contribution in [-0.4, -0.2) is 5.91 Å². The third kappa shape index (κ3) is 4.39. The summed E-state index contributed by atoms with van der Waals surface area (Å²) < 4.78 is 44.0. The predicted molar refractivity (Wildman–Crippen MR) is 96.2 cm³/mol. The molecule has 3 rings (SSSR count). The maximum atomic E-state index is 12.9. The lowest BCUT2D eigenvalue weighted by Gasteiger charge is -2.13. The van der Waals surface area contributed by atoms with Gasteiger partial charge in [-0.25, -0.2) is 0 Å². The molecule has 3 nitrogen and oxygen atoms in total. The number of benzene rings is 2. The van der Waals surface area contributed by atoms with Crippen LogP contribution in [0.15, 0.2) is 65.1 Å². The summed E-state index contributed by atoms with van der Waals surface area (Å²) in [6.45, 7) is 3.82. The lowest BCUT2D eigenvalue weighted by molar-refractivity contribution is -0.137. The molecule has 1 aromatic heterocycles. The minimum atomic E-state index is -4.44. The van der Waals surface area contributed by atoms with E-state index in [1.54, 1.807) is 0 Å². The molecule has 1 amide bonds. The largest absolute Gasteiger partial charge is 0.451 e. The zero-order valence-corrected chi connectivity index (χ0v) is 14.8. The van der Waals surface area contributed by atoms with Gasteiger partial charge in [-0.05, 0) is 43.7 Å². The first-order chi connectivity index (χ1) is 12.7. The van der Waals surface area contributed by atoms with Crippen molar-refractivity contribution < 1.29 is 22.4 Å². The van der Waals surface area contributed by atoms with Crippen LogP contribution in [0.3, 0.4) is 0 Å². The predicted octanol–water partition coefficient (Wildman–Crippen LogP) is 5.76. The van der Waals surface area contributed by atoms with E-state index in [4.69, 9.17) is 4.42 Å². The van der Waals surface area contributed by atoms with Crippen molar-refractivity contribution in [1.82, 2.24) is 5.32 Å². The van der Waals surface area contributed by atoms with Crippen molar-refractivity contribution in [3.8, 4) is 11.3 Å². The van der Waals surface area contributed by atoms with E-state index in [0.29, 0.717) is 0 Å². The normalized spacial score (nSPS) is 12.6. The topological polar surface area (TPSA) is 42.2 Å². The maximum absolute atomic E-state index is 12.9. The van der Waals surface area contributed by atoms with Crippen LogP contribution in [0.1, 0.15) is 40.2 Å². The molecule has 1 heterocycles. The molecule has 3 aromatic rings. The minimum Gasteiger partial charge on any atom is -0.451 e. The number of hydrogen-bond acceptors (Lipinski definition) is 2. The lowest BCUT2D eigenvalue weighted by atomic mass is 10.1. The Morgan fingerprint density at radius 1 is 1.04 bits per heavy atom. The fourth-order valence-electron chi connectivity index (χ4n) is 2.67. The molecular formula is C21H18F3NO2. The number of carbonyl (C=O) groups excluding carboxylic acids is 1. The molecule has 1 N–H and O–H groups in total. The Balaban J connectivity index is 1.75. The van der Waals surface area contributed by atoms with Crippen molar-refractivity contribution in [2.24, 2.45) is 0 Å². The van der Waals surface area contributed by atoms with E-state index in [1.165, 1.54) is 24.3 Å². The van der Waals surface area contributed by atoms with Crippen LogP contribution in [0.25, 0.3) is 11.3 Å². The van der Waals surface area contributed by atoms with Crippen LogP contribution in [-0.2, 0) is 6.18 Å². The van der Waals surface area contributed by atoms with Gasteiger partial charge in [0.15, 0.2) is 5.76 Å². The number of amides is 1. The Kier molecular flexibility index (Phi) is 5.08. The first-order valence-corrected chi connectivity index (χ1v) is 8.39. The Hall–Kier alpha value is -3.02. The first-order valence-electron chi connectivity index (χ1n) is 8.39. The summed E-state index contributed by atoms with van der Waals surface area (Å²) in [7, 11) is 0. The number of rotatable bonds is 4. The number of nitrogens with one attached hydrogen (secondary N) is 1. The number of aryl methyl sites for hydroxylation is 1. The van der Waals surface area contributed by atoms with Crippen molar-refractivity contribution in [2.75, 3.05) is 0 Å². The molecule has 2 aromatic carbocycles. The standard InChI is InChI=1S/C21H18F3NO2/c1-13-6-8-15(9-7-13)14(2)25-20(26)19-11-10-18(27-19)16-4-3-5-17(12-16)21(22,23)24/h3-12,14H,1-2H3,(H,25,26). The van der Waals surface area contributed by atoms with Crippen LogP contribution < -0.4 is 5.32 Å². The van der Waals surface area contributed by atoms with Crippen LogP contribution in [0, 0.1) is 6.92 Å². The van der Waals surface area contributed by atoms with Crippen LogP contribution >= 0.6 is 0 Å². The van der Waals surface area contributed by atoms with E-state index < -0.39 is 17.6 Å². The highest BCUT2D eigenvalue weighted by Crippen LogP contribution is 2.32. The molecule has 0 aliphatic rings. The second-order valence-electron chi connectivity index (χ2n) is 6.35. The van der Waals surface area contributed by atoms with Gasteiger partial charge in [-0.3, -0.25) is 4.79 Å².